The summed E-state index contributed by atoms with van der Waals surface area (Å²) >= 11 is 6.34. The van der Waals surface area contributed by atoms with Crippen molar-refractivity contribution in [1.29, 1.82) is 0 Å². The second-order valence-electron chi connectivity index (χ2n) is 7.64. The summed E-state index contributed by atoms with van der Waals surface area (Å²) in [5.74, 6) is 0.632. The fraction of sp³-hybridized carbons (Fsp3) is 0.667. The van der Waals surface area contributed by atoms with E-state index >= 15 is 0 Å². The van der Waals surface area contributed by atoms with Crippen LogP contribution in [0.15, 0.2) is 24.3 Å². The molecule has 1 fully saturated rings. The van der Waals surface area contributed by atoms with Gasteiger partial charge in [-0.15, -0.1) is 0 Å². The Hall–Kier alpha value is -1.14. The molecule has 1 aromatic carbocycles. The number of likely N-dealkylation sites (tertiary alicyclic amines) is 1. The highest BCUT2D eigenvalue weighted by Crippen LogP contribution is 2.27. The normalized spacial score (nSPS) is 20.8. The Morgan fingerprint density at radius 3 is 2.85 bits per heavy atom. The Morgan fingerprint density at radius 2 is 2.15 bits per heavy atom. The van der Waals surface area contributed by atoms with Crippen LogP contribution in [0, 0.1) is 5.92 Å². The smallest absolute Gasteiger partial charge is 0.220 e. The highest BCUT2D eigenvalue weighted by atomic mass is 35.5. The van der Waals surface area contributed by atoms with Crippen LogP contribution < -0.4 is 5.32 Å². The summed E-state index contributed by atoms with van der Waals surface area (Å²) in [5, 5.41) is 3.83. The topological polar surface area (TPSA) is 44.8 Å². The van der Waals surface area contributed by atoms with E-state index in [-0.39, 0.29) is 5.91 Å². The summed E-state index contributed by atoms with van der Waals surface area (Å²) in [6, 6.07) is 8.59. The van der Waals surface area contributed by atoms with Crippen LogP contribution >= 0.6 is 11.6 Å². The van der Waals surface area contributed by atoms with Crippen molar-refractivity contribution in [2.24, 2.45) is 5.92 Å². The van der Waals surface area contributed by atoms with Gasteiger partial charge in [0.05, 0.1) is 0 Å². The summed E-state index contributed by atoms with van der Waals surface area (Å²) < 4.78 is 5.02. The van der Waals surface area contributed by atoms with Crippen molar-refractivity contribution in [2.45, 2.75) is 38.3 Å². The van der Waals surface area contributed by atoms with E-state index in [0.717, 1.165) is 43.9 Å². The Bertz CT molecular complexity index is 582. The number of nitrogens with one attached hydrogen (secondary N) is 1. The van der Waals surface area contributed by atoms with E-state index in [1.165, 1.54) is 5.56 Å². The average molecular weight is 396 g/mol. The molecule has 0 aromatic heterocycles. The minimum Gasteiger partial charge on any atom is -0.385 e. The van der Waals surface area contributed by atoms with E-state index in [9.17, 15) is 4.79 Å². The van der Waals surface area contributed by atoms with Crippen molar-refractivity contribution in [3.05, 3.63) is 34.9 Å². The van der Waals surface area contributed by atoms with Gasteiger partial charge < -0.3 is 15.0 Å². The molecule has 1 aromatic rings. The van der Waals surface area contributed by atoms with Crippen LogP contribution in [0.25, 0.3) is 0 Å². The number of hydrogen-bond donors (Lipinski definition) is 1. The van der Waals surface area contributed by atoms with Gasteiger partial charge in [0.15, 0.2) is 0 Å². The maximum atomic E-state index is 12.1. The first-order chi connectivity index (χ1) is 13.0. The van der Waals surface area contributed by atoms with Crippen molar-refractivity contribution >= 4 is 17.5 Å². The fourth-order valence-electron chi connectivity index (χ4n) is 3.92. The molecule has 6 heteroatoms. The molecule has 1 amide bonds. The number of carbonyl (C=O) groups excluding carboxylic acids is 1. The molecule has 1 heterocycles. The molecular weight excluding hydrogens is 362 g/mol. The molecular formula is C21H34ClN3O2. The second-order valence-corrected chi connectivity index (χ2v) is 8.05. The van der Waals surface area contributed by atoms with E-state index in [2.05, 4.69) is 35.3 Å². The molecule has 1 saturated heterocycles. The third kappa shape index (κ3) is 7.41. The molecule has 0 bridgehead atoms. The van der Waals surface area contributed by atoms with Crippen LogP contribution in [-0.4, -0.2) is 69.2 Å². The van der Waals surface area contributed by atoms with Gasteiger partial charge in [-0.3, -0.25) is 9.69 Å². The van der Waals surface area contributed by atoms with Gasteiger partial charge in [0.25, 0.3) is 0 Å². The first kappa shape index (κ1) is 22.2. The van der Waals surface area contributed by atoms with E-state index in [1.54, 1.807) is 7.11 Å². The second kappa shape index (κ2) is 11.6. The van der Waals surface area contributed by atoms with E-state index in [4.69, 9.17) is 16.3 Å². The van der Waals surface area contributed by atoms with Gasteiger partial charge in [-0.2, -0.15) is 0 Å². The molecule has 0 saturated carbocycles. The van der Waals surface area contributed by atoms with Gasteiger partial charge in [-0.1, -0.05) is 29.8 Å². The lowest BCUT2D eigenvalue weighted by Crippen LogP contribution is -2.48. The number of rotatable bonds is 10. The molecule has 27 heavy (non-hydrogen) atoms. The quantitative estimate of drug-likeness (QED) is 0.618. The Labute approximate surface area is 169 Å². The minimum atomic E-state index is 0.145. The third-order valence-electron chi connectivity index (χ3n) is 5.38. The molecule has 2 atom stereocenters. The van der Waals surface area contributed by atoms with Crippen molar-refractivity contribution < 1.29 is 9.53 Å². The van der Waals surface area contributed by atoms with Gasteiger partial charge in [-0.25, -0.2) is 0 Å². The maximum absolute atomic E-state index is 12.1. The number of carbonyl (C=O) groups is 1. The Balaban J connectivity index is 1.86. The molecule has 0 radical (unpaired) electrons. The zero-order valence-electron chi connectivity index (χ0n) is 16.9. The van der Waals surface area contributed by atoms with E-state index < -0.39 is 0 Å². The number of piperidine rings is 1. The molecule has 1 aliphatic heterocycles. The molecule has 2 rings (SSSR count). The fourth-order valence-corrected chi connectivity index (χ4v) is 4.11. The number of nitrogens with zero attached hydrogens (tertiary/aromatic N) is 2. The zero-order valence-corrected chi connectivity index (χ0v) is 17.7. The molecule has 1 aliphatic rings. The van der Waals surface area contributed by atoms with Gasteiger partial charge >= 0.3 is 0 Å². The monoisotopic (exact) mass is 395 g/mol. The van der Waals surface area contributed by atoms with Gasteiger partial charge in [0.1, 0.15) is 0 Å². The summed E-state index contributed by atoms with van der Waals surface area (Å²) in [5.41, 5.74) is 1.18. The molecule has 152 valence electrons. The van der Waals surface area contributed by atoms with Gasteiger partial charge in [0.2, 0.25) is 5.91 Å². The number of amides is 1. The lowest BCUT2D eigenvalue weighted by Gasteiger charge is -2.41. The standard InChI is InChI=1S/C21H34ClN3O2/c1-24(2)20-11-13-25(15-17-7-4-5-8-19(17)22)16-18(20)9-10-21(26)23-12-6-14-27-3/h4-5,7-8,18,20H,6,9-16H2,1-3H3,(H,23,26)/t18-,20+/m0/s1. The van der Waals surface area contributed by atoms with Crippen molar-refractivity contribution in [1.82, 2.24) is 15.1 Å². The van der Waals surface area contributed by atoms with Crippen LogP contribution in [0.1, 0.15) is 31.2 Å². The van der Waals surface area contributed by atoms with Crippen LogP contribution in [0.3, 0.4) is 0 Å². The van der Waals surface area contributed by atoms with Crippen LogP contribution in [0.4, 0.5) is 0 Å². The summed E-state index contributed by atoms with van der Waals surface area (Å²) in [6.07, 6.45) is 3.48. The highest BCUT2D eigenvalue weighted by Gasteiger charge is 2.30. The Kier molecular flexibility index (Phi) is 9.56. The molecule has 0 aliphatic carbocycles. The zero-order chi connectivity index (χ0) is 19.6. The number of methoxy groups -OCH3 is 1. The summed E-state index contributed by atoms with van der Waals surface area (Å²) in [4.78, 5) is 16.9. The Morgan fingerprint density at radius 1 is 1.37 bits per heavy atom. The lowest BCUT2D eigenvalue weighted by atomic mass is 9.87. The van der Waals surface area contributed by atoms with Crippen molar-refractivity contribution in [3.63, 3.8) is 0 Å². The maximum Gasteiger partial charge on any atom is 0.220 e. The first-order valence-electron chi connectivity index (χ1n) is 9.89. The predicted molar refractivity (Wildman–Crippen MR) is 111 cm³/mol. The minimum absolute atomic E-state index is 0.145. The van der Waals surface area contributed by atoms with Crippen LogP contribution in [-0.2, 0) is 16.1 Å². The van der Waals surface area contributed by atoms with Gasteiger partial charge in [-0.05, 0) is 57.5 Å². The number of halogens is 1. The highest BCUT2D eigenvalue weighted by molar-refractivity contribution is 6.31. The molecule has 0 spiro atoms. The van der Waals surface area contributed by atoms with Crippen LogP contribution in [0.5, 0.6) is 0 Å². The SMILES string of the molecule is COCCCNC(=O)CC[C@H]1CN(Cc2ccccc2Cl)CC[C@H]1N(C)C. The summed E-state index contributed by atoms with van der Waals surface area (Å²) in [6.45, 7) is 4.31. The van der Waals surface area contributed by atoms with Crippen LogP contribution in [0.2, 0.25) is 5.02 Å². The first-order valence-corrected chi connectivity index (χ1v) is 10.3. The molecule has 1 N–H and O–H groups in total. The predicted octanol–water partition coefficient (Wildman–Crippen LogP) is 3.03. The molecule has 0 unspecified atom stereocenters. The number of benzene rings is 1. The van der Waals surface area contributed by atoms with Gasteiger partial charge in [0, 0.05) is 50.8 Å². The van der Waals surface area contributed by atoms with Crippen molar-refractivity contribution in [3.8, 4) is 0 Å². The number of hydrogen-bond acceptors (Lipinski definition) is 4. The summed E-state index contributed by atoms with van der Waals surface area (Å²) in [7, 11) is 5.97. The number of ether oxygens (including phenoxy) is 1. The molecule has 5 nitrogen and oxygen atoms in total. The lowest BCUT2D eigenvalue weighted by molar-refractivity contribution is -0.121. The van der Waals surface area contributed by atoms with E-state index in [1.807, 2.05) is 18.2 Å². The average Bonchev–Trinajstić information content (AvgIpc) is 2.65. The largest absolute Gasteiger partial charge is 0.385 e. The van der Waals surface area contributed by atoms with E-state index in [0.29, 0.717) is 31.5 Å². The van der Waals surface area contributed by atoms with Crippen molar-refractivity contribution in [2.75, 3.05) is 47.4 Å². The third-order valence-corrected chi connectivity index (χ3v) is 5.75.